The molecule has 182 valence electrons. The third kappa shape index (κ3) is 4.39. The summed E-state index contributed by atoms with van der Waals surface area (Å²) in [4.78, 5) is 13.5. The Kier molecular flexibility index (Phi) is 6.51. The number of fused-ring (bicyclic) bond motifs is 2. The quantitative estimate of drug-likeness (QED) is 0.183. The molecule has 2 radical (unpaired) electrons. The first-order valence-corrected chi connectivity index (χ1v) is 12.3. The summed E-state index contributed by atoms with van der Waals surface area (Å²) in [6.45, 7) is 0. The second kappa shape index (κ2) is 10.3. The molecule has 6 heteroatoms. The molecule has 7 rings (SSSR count). The zero-order valence-corrected chi connectivity index (χ0v) is 22.8. The molecule has 1 aliphatic heterocycles. The van der Waals surface area contributed by atoms with Crippen LogP contribution in [0.25, 0.3) is 43.8 Å². The van der Waals surface area contributed by atoms with Gasteiger partial charge in [-0.05, 0) is 56.9 Å². The average Bonchev–Trinajstić information content (AvgIpc) is 3.47. The molecule has 1 aliphatic rings. The Balaban J connectivity index is 0.00000264. The molecule has 0 N–H and O–H groups in total. The molecule has 3 heterocycles. The minimum atomic E-state index is 0. The standard InChI is InChI=1S/C32H22BN4.Ir/c1-3-11-27-23(7-1)9-5-13-29(27)25-15-17-31(34-21-25)36-19-20-37(33-36)32-18-16-26(22-35-32)30-14-6-10-24-8-2-4-12-28(24)30;/h1-22H;. The number of rotatable bonds is 4. The van der Waals surface area contributed by atoms with Crippen molar-refractivity contribution < 1.29 is 20.1 Å². The molecule has 0 unspecified atom stereocenters. The molecule has 0 fully saturated rings. The van der Waals surface area contributed by atoms with Crippen LogP contribution in [0.5, 0.6) is 0 Å². The molecule has 6 aromatic rings. The molecule has 0 saturated heterocycles. The van der Waals surface area contributed by atoms with Crippen LogP contribution in [0.2, 0.25) is 0 Å². The second-order valence-electron chi connectivity index (χ2n) is 9.09. The summed E-state index contributed by atoms with van der Waals surface area (Å²) in [5, 5.41) is 4.93. The van der Waals surface area contributed by atoms with Gasteiger partial charge in [0, 0.05) is 56.0 Å². The van der Waals surface area contributed by atoms with E-state index in [1.807, 2.05) is 42.0 Å². The van der Waals surface area contributed by atoms with E-state index < -0.39 is 0 Å². The zero-order valence-electron chi connectivity index (χ0n) is 20.4. The van der Waals surface area contributed by atoms with Crippen LogP contribution in [-0.2, 0) is 20.1 Å². The van der Waals surface area contributed by atoms with Gasteiger partial charge in [0.1, 0.15) is 11.6 Å². The van der Waals surface area contributed by atoms with Crippen molar-refractivity contribution in [2.24, 2.45) is 0 Å². The van der Waals surface area contributed by atoms with Gasteiger partial charge < -0.3 is 9.62 Å². The molecule has 4 nitrogen and oxygen atoms in total. The molecule has 0 amide bonds. The average molecular weight is 666 g/mol. The molecule has 2 aromatic heterocycles. The smallest absolute Gasteiger partial charge is 0.358 e. The van der Waals surface area contributed by atoms with Crippen LogP contribution in [0.15, 0.2) is 134 Å². The summed E-state index contributed by atoms with van der Waals surface area (Å²) >= 11 is 0. The number of pyridine rings is 2. The van der Waals surface area contributed by atoms with E-state index in [1.54, 1.807) is 0 Å². The summed E-state index contributed by atoms with van der Waals surface area (Å²) in [7, 11) is 2.00. The van der Waals surface area contributed by atoms with Crippen molar-refractivity contribution >= 4 is 40.7 Å². The van der Waals surface area contributed by atoms with E-state index in [4.69, 9.17) is 9.97 Å². The van der Waals surface area contributed by atoms with Crippen LogP contribution in [0.3, 0.4) is 0 Å². The van der Waals surface area contributed by atoms with Crippen LogP contribution in [0.4, 0.5) is 11.6 Å². The van der Waals surface area contributed by atoms with Gasteiger partial charge in [-0.25, -0.2) is 9.97 Å². The van der Waals surface area contributed by atoms with Gasteiger partial charge in [0.25, 0.3) is 0 Å². The van der Waals surface area contributed by atoms with Crippen LogP contribution in [-0.4, -0.2) is 17.5 Å². The molecule has 38 heavy (non-hydrogen) atoms. The Labute approximate surface area is 235 Å². The van der Waals surface area contributed by atoms with E-state index in [-0.39, 0.29) is 20.1 Å². The Morgan fingerprint density at radius 3 is 1.37 bits per heavy atom. The zero-order chi connectivity index (χ0) is 24.6. The van der Waals surface area contributed by atoms with Crippen LogP contribution >= 0.6 is 0 Å². The summed E-state index contributed by atoms with van der Waals surface area (Å²) in [5.41, 5.74) is 4.59. The van der Waals surface area contributed by atoms with Crippen molar-refractivity contribution in [3.8, 4) is 22.3 Å². The van der Waals surface area contributed by atoms with Gasteiger partial charge in [-0.3, -0.25) is 0 Å². The number of benzene rings is 4. The topological polar surface area (TPSA) is 32.3 Å². The summed E-state index contributed by atoms with van der Waals surface area (Å²) in [6, 6.07) is 38.0. The normalized spacial score (nSPS) is 12.5. The van der Waals surface area contributed by atoms with E-state index in [2.05, 4.69) is 109 Å². The maximum absolute atomic E-state index is 4.75. The molecular formula is C32H22BIrN4. The molecule has 0 saturated carbocycles. The van der Waals surface area contributed by atoms with Crippen molar-refractivity contribution in [1.29, 1.82) is 0 Å². The van der Waals surface area contributed by atoms with E-state index in [9.17, 15) is 0 Å². The maximum atomic E-state index is 4.75. The van der Waals surface area contributed by atoms with E-state index in [0.717, 1.165) is 22.8 Å². The third-order valence-corrected chi connectivity index (χ3v) is 6.86. The number of hydrogen-bond acceptors (Lipinski definition) is 4. The first-order valence-electron chi connectivity index (χ1n) is 12.3. The van der Waals surface area contributed by atoms with E-state index in [1.165, 1.54) is 32.7 Å². The largest absolute Gasteiger partial charge is 0.402 e. The Morgan fingerprint density at radius 2 is 0.921 bits per heavy atom. The van der Waals surface area contributed by atoms with Crippen molar-refractivity contribution in [2.45, 2.75) is 0 Å². The Morgan fingerprint density at radius 1 is 0.474 bits per heavy atom. The summed E-state index contributed by atoms with van der Waals surface area (Å²) in [5.74, 6) is 1.71. The SMILES string of the molecule is [B]1N(c2ccc(-c3cccc4ccccc34)cn2)C=CN1c1ccc(-c2cccc3ccccc23)cn1.[Ir]. The van der Waals surface area contributed by atoms with E-state index in [0.29, 0.717) is 0 Å². The van der Waals surface area contributed by atoms with Crippen LogP contribution in [0.1, 0.15) is 0 Å². The Bertz CT molecular complexity index is 1630. The number of nitrogens with zero attached hydrogens (tertiary/aromatic N) is 4. The predicted molar refractivity (Wildman–Crippen MR) is 154 cm³/mol. The van der Waals surface area contributed by atoms with Gasteiger partial charge in [-0.1, -0.05) is 84.9 Å². The monoisotopic (exact) mass is 666 g/mol. The van der Waals surface area contributed by atoms with Gasteiger partial charge in [0.2, 0.25) is 0 Å². The van der Waals surface area contributed by atoms with Crippen LogP contribution in [0, 0.1) is 0 Å². The molecule has 0 spiro atoms. The fraction of sp³-hybridized carbons (Fsp3) is 0. The van der Waals surface area contributed by atoms with Gasteiger partial charge in [-0.2, -0.15) is 0 Å². The van der Waals surface area contributed by atoms with E-state index >= 15 is 0 Å². The van der Waals surface area contributed by atoms with Gasteiger partial charge in [-0.15, -0.1) is 0 Å². The first kappa shape index (κ1) is 24.1. The predicted octanol–water partition coefficient (Wildman–Crippen LogP) is 7.45. The van der Waals surface area contributed by atoms with Crippen molar-refractivity contribution in [1.82, 2.24) is 9.97 Å². The molecule has 4 aromatic carbocycles. The number of hydrogen-bond donors (Lipinski definition) is 0. The summed E-state index contributed by atoms with van der Waals surface area (Å²) in [6.07, 6.45) is 7.89. The fourth-order valence-electron chi connectivity index (χ4n) is 4.98. The molecule has 0 aliphatic carbocycles. The first-order chi connectivity index (χ1) is 18.3. The van der Waals surface area contributed by atoms with Crippen LogP contribution < -0.4 is 9.62 Å². The number of anilines is 2. The summed E-state index contributed by atoms with van der Waals surface area (Å²) < 4.78 is 0. The fourth-order valence-corrected chi connectivity index (χ4v) is 4.98. The van der Waals surface area contributed by atoms with Gasteiger partial charge >= 0.3 is 7.55 Å². The second-order valence-corrected chi connectivity index (χ2v) is 9.09. The van der Waals surface area contributed by atoms with Crippen molar-refractivity contribution in [3.63, 3.8) is 0 Å². The molecule has 0 bridgehead atoms. The number of aromatic nitrogens is 2. The molecular weight excluding hydrogens is 643 g/mol. The van der Waals surface area contributed by atoms with Gasteiger partial charge in [0.05, 0.1) is 0 Å². The minimum absolute atomic E-state index is 0. The maximum Gasteiger partial charge on any atom is 0.402 e. The Hall–Kier alpha value is -4.25. The molecule has 0 atom stereocenters. The van der Waals surface area contributed by atoms with Crippen molar-refractivity contribution in [3.05, 3.63) is 134 Å². The third-order valence-electron chi connectivity index (χ3n) is 6.86. The van der Waals surface area contributed by atoms with Gasteiger partial charge in [0.15, 0.2) is 0 Å². The van der Waals surface area contributed by atoms with Crippen molar-refractivity contribution in [2.75, 3.05) is 9.62 Å². The minimum Gasteiger partial charge on any atom is -0.358 e.